The maximum absolute atomic E-state index is 12.3. The molecule has 0 saturated carbocycles. The Morgan fingerprint density at radius 2 is 1.92 bits per heavy atom. The van der Waals surface area contributed by atoms with Crippen LogP contribution < -0.4 is 10.6 Å². The second kappa shape index (κ2) is 9.16. The lowest BCUT2D eigenvalue weighted by molar-refractivity contribution is 0.0948. The van der Waals surface area contributed by atoms with Gasteiger partial charge < -0.3 is 10.6 Å². The van der Waals surface area contributed by atoms with Gasteiger partial charge in [0, 0.05) is 17.9 Å². The van der Waals surface area contributed by atoms with Gasteiger partial charge in [0.05, 0.1) is 0 Å². The van der Waals surface area contributed by atoms with Gasteiger partial charge >= 0.3 is 0 Å². The van der Waals surface area contributed by atoms with Crippen molar-refractivity contribution in [3.05, 3.63) is 46.8 Å². The molecule has 0 radical (unpaired) electrons. The summed E-state index contributed by atoms with van der Waals surface area (Å²) in [6.45, 7) is 8.87. The largest absolute Gasteiger partial charge is 0.351 e. The number of hydrogen-bond acceptors (Lipinski definition) is 4. The summed E-state index contributed by atoms with van der Waals surface area (Å²) in [5.74, 6) is 0.313. The van der Waals surface area contributed by atoms with Gasteiger partial charge in [-0.15, -0.1) is 0 Å². The molecule has 0 fully saturated rings. The number of benzene rings is 1. The topological polar surface area (TPSA) is 66.9 Å². The van der Waals surface area contributed by atoms with Crippen molar-refractivity contribution in [2.24, 2.45) is 0 Å². The zero-order chi connectivity index (χ0) is 18.2. The van der Waals surface area contributed by atoms with Crippen LogP contribution in [0.4, 0.5) is 11.6 Å². The lowest BCUT2D eigenvalue weighted by atomic mass is 10.1. The summed E-state index contributed by atoms with van der Waals surface area (Å²) in [6, 6.07) is 7.91. The summed E-state index contributed by atoms with van der Waals surface area (Å²) >= 11 is 0. The first-order chi connectivity index (χ1) is 12.0. The van der Waals surface area contributed by atoms with Crippen LogP contribution in [0, 0.1) is 13.8 Å². The van der Waals surface area contributed by atoms with Crippen LogP contribution in [0.2, 0.25) is 0 Å². The van der Waals surface area contributed by atoms with Crippen molar-refractivity contribution in [1.82, 2.24) is 15.3 Å². The first-order valence-electron chi connectivity index (χ1n) is 9.04. The van der Waals surface area contributed by atoms with Gasteiger partial charge in [-0.3, -0.25) is 4.79 Å². The number of aryl methyl sites for hydroxylation is 3. The van der Waals surface area contributed by atoms with Gasteiger partial charge in [0.15, 0.2) is 0 Å². The molecule has 1 aromatic heterocycles. The number of carbonyl (C=O) groups is 1. The van der Waals surface area contributed by atoms with Crippen LogP contribution in [-0.2, 0) is 6.42 Å². The molecule has 1 amide bonds. The number of para-hydroxylation sites is 1. The average Bonchev–Trinajstić information content (AvgIpc) is 2.59. The average molecular weight is 340 g/mol. The van der Waals surface area contributed by atoms with Crippen molar-refractivity contribution in [3.63, 3.8) is 0 Å². The highest BCUT2D eigenvalue weighted by atomic mass is 16.1. The van der Waals surface area contributed by atoms with Crippen molar-refractivity contribution in [2.45, 2.75) is 53.4 Å². The van der Waals surface area contributed by atoms with Gasteiger partial charge in [0.1, 0.15) is 5.69 Å². The second-order valence-electron chi connectivity index (χ2n) is 6.27. The first-order valence-corrected chi connectivity index (χ1v) is 9.04. The normalized spacial score (nSPS) is 10.6. The number of unbranched alkanes of at least 4 members (excludes halogenated alkanes) is 2. The highest BCUT2D eigenvalue weighted by molar-refractivity contribution is 5.92. The van der Waals surface area contributed by atoms with Crippen LogP contribution in [0.15, 0.2) is 24.3 Å². The Kier molecular flexibility index (Phi) is 6.92. The minimum Gasteiger partial charge on any atom is -0.351 e. The van der Waals surface area contributed by atoms with Gasteiger partial charge in [-0.25, -0.2) is 9.97 Å². The third-order valence-electron chi connectivity index (χ3n) is 4.13. The monoisotopic (exact) mass is 340 g/mol. The predicted octanol–water partition coefficient (Wildman–Crippen LogP) is 4.32. The van der Waals surface area contributed by atoms with E-state index < -0.39 is 0 Å². The minimum absolute atomic E-state index is 0.148. The predicted molar refractivity (Wildman–Crippen MR) is 102 cm³/mol. The van der Waals surface area contributed by atoms with Crippen LogP contribution in [0.1, 0.15) is 60.4 Å². The molecule has 1 heterocycles. The summed E-state index contributed by atoms with van der Waals surface area (Å²) < 4.78 is 0. The maximum atomic E-state index is 12.3. The molecule has 1 aromatic carbocycles. The van der Waals surface area contributed by atoms with Gasteiger partial charge in [-0.1, -0.05) is 44.9 Å². The zero-order valence-electron chi connectivity index (χ0n) is 15.6. The van der Waals surface area contributed by atoms with Gasteiger partial charge in [0.25, 0.3) is 5.91 Å². The van der Waals surface area contributed by atoms with E-state index in [-0.39, 0.29) is 5.91 Å². The van der Waals surface area contributed by atoms with Gasteiger partial charge in [-0.05, 0) is 43.9 Å². The van der Waals surface area contributed by atoms with Crippen LogP contribution >= 0.6 is 0 Å². The van der Waals surface area contributed by atoms with Crippen LogP contribution in [0.3, 0.4) is 0 Å². The Balaban J connectivity index is 2.18. The number of nitrogens with zero attached hydrogens (tertiary/aromatic N) is 2. The molecule has 0 atom stereocenters. The first kappa shape index (κ1) is 18.9. The zero-order valence-corrected chi connectivity index (χ0v) is 15.6. The van der Waals surface area contributed by atoms with Crippen LogP contribution in [0.25, 0.3) is 0 Å². The molecule has 2 rings (SSSR count). The molecule has 5 heteroatoms. The molecule has 0 unspecified atom stereocenters. The molecule has 0 spiro atoms. The Morgan fingerprint density at radius 3 is 2.64 bits per heavy atom. The third-order valence-corrected chi connectivity index (χ3v) is 4.13. The van der Waals surface area contributed by atoms with Crippen molar-refractivity contribution in [2.75, 3.05) is 11.9 Å². The molecule has 0 aliphatic carbocycles. The number of nitrogens with one attached hydrogen (secondary N) is 2. The summed E-state index contributed by atoms with van der Waals surface area (Å²) in [5, 5.41) is 6.23. The highest BCUT2D eigenvalue weighted by Gasteiger charge is 2.12. The molecule has 134 valence electrons. The number of anilines is 2. The molecule has 25 heavy (non-hydrogen) atoms. The Morgan fingerprint density at radius 1 is 1.12 bits per heavy atom. The smallest absolute Gasteiger partial charge is 0.270 e. The molecule has 0 saturated heterocycles. The Bertz CT molecular complexity index is 728. The molecule has 0 bridgehead atoms. The number of rotatable bonds is 8. The Hall–Kier alpha value is -2.43. The van der Waals surface area contributed by atoms with E-state index >= 15 is 0 Å². The van der Waals surface area contributed by atoms with Crippen molar-refractivity contribution in [1.29, 1.82) is 0 Å². The summed E-state index contributed by atoms with van der Waals surface area (Å²) in [7, 11) is 0. The molecule has 2 N–H and O–H groups in total. The fourth-order valence-corrected chi connectivity index (χ4v) is 2.72. The van der Waals surface area contributed by atoms with E-state index in [1.54, 1.807) is 6.07 Å². The summed E-state index contributed by atoms with van der Waals surface area (Å²) in [4.78, 5) is 21.2. The SMILES string of the molecule is CCCCCNC(=O)c1cc(C)nc(Nc2c(C)cccc2CC)n1. The molecule has 0 aliphatic heterocycles. The summed E-state index contributed by atoms with van der Waals surface area (Å²) in [5.41, 5.74) is 4.52. The van der Waals surface area contributed by atoms with E-state index in [9.17, 15) is 4.79 Å². The van der Waals surface area contributed by atoms with E-state index in [2.05, 4.69) is 53.5 Å². The molecular weight excluding hydrogens is 312 g/mol. The Labute approximate surface area is 150 Å². The lowest BCUT2D eigenvalue weighted by Crippen LogP contribution is -2.26. The number of carbonyl (C=O) groups excluding carboxylic acids is 1. The third kappa shape index (κ3) is 5.28. The van der Waals surface area contributed by atoms with E-state index in [0.29, 0.717) is 18.2 Å². The van der Waals surface area contributed by atoms with Crippen LogP contribution in [-0.4, -0.2) is 22.4 Å². The second-order valence-corrected chi connectivity index (χ2v) is 6.27. The quantitative estimate of drug-likeness (QED) is 0.702. The molecular formula is C20H28N4O. The van der Waals surface area contributed by atoms with E-state index in [1.165, 1.54) is 5.56 Å². The number of amides is 1. The molecule has 2 aromatic rings. The highest BCUT2D eigenvalue weighted by Crippen LogP contribution is 2.24. The standard InChI is InChI=1S/C20H28N4O/c1-5-7-8-12-21-19(25)17-13-15(4)22-20(23-17)24-18-14(3)10-9-11-16(18)6-2/h9-11,13H,5-8,12H2,1-4H3,(H,21,25)(H,22,23,24). The van der Waals surface area contributed by atoms with Gasteiger partial charge in [0.2, 0.25) is 5.95 Å². The lowest BCUT2D eigenvalue weighted by Gasteiger charge is -2.14. The van der Waals surface area contributed by atoms with E-state index in [4.69, 9.17) is 0 Å². The molecule has 5 nitrogen and oxygen atoms in total. The molecule has 0 aliphatic rings. The van der Waals surface area contributed by atoms with Crippen molar-refractivity contribution >= 4 is 17.5 Å². The fourth-order valence-electron chi connectivity index (χ4n) is 2.72. The number of aromatic nitrogens is 2. The maximum Gasteiger partial charge on any atom is 0.270 e. The van der Waals surface area contributed by atoms with Crippen molar-refractivity contribution < 1.29 is 4.79 Å². The summed E-state index contributed by atoms with van der Waals surface area (Å²) in [6.07, 6.45) is 4.15. The van der Waals surface area contributed by atoms with E-state index in [1.807, 2.05) is 13.0 Å². The number of hydrogen-bond donors (Lipinski definition) is 2. The van der Waals surface area contributed by atoms with E-state index in [0.717, 1.165) is 42.6 Å². The van der Waals surface area contributed by atoms with Gasteiger partial charge in [-0.2, -0.15) is 0 Å². The van der Waals surface area contributed by atoms with Crippen molar-refractivity contribution in [3.8, 4) is 0 Å². The minimum atomic E-state index is -0.148. The van der Waals surface area contributed by atoms with Crippen LogP contribution in [0.5, 0.6) is 0 Å². The fraction of sp³-hybridized carbons (Fsp3) is 0.450.